The average Bonchev–Trinajstić information content (AvgIpc) is 3.16. The lowest BCUT2D eigenvalue weighted by Gasteiger charge is -2.24. The zero-order chi connectivity index (χ0) is 19.2. The molecule has 1 aliphatic carbocycles. The molecule has 1 heterocycles. The van der Waals surface area contributed by atoms with Crippen LogP contribution in [0, 0.1) is 11.8 Å². The lowest BCUT2D eigenvalue weighted by Crippen LogP contribution is -2.49. The van der Waals surface area contributed by atoms with Crippen molar-refractivity contribution in [2.75, 3.05) is 19.6 Å². The van der Waals surface area contributed by atoms with Crippen molar-refractivity contribution in [3.05, 3.63) is 35.9 Å². The number of nitrogens with zero attached hydrogens (tertiary/aromatic N) is 1. The second-order valence-corrected chi connectivity index (χ2v) is 7.70. The summed E-state index contributed by atoms with van der Waals surface area (Å²) in [6.07, 6.45) is 3.63. The van der Waals surface area contributed by atoms with E-state index >= 15 is 0 Å². The molecule has 0 radical (unpaired) electrons. The Labute approximate surface area is 160 Å². The molecule has 1 aromatic rings. The summed E-state index contributed by atoms with van der Waals surface area (Å²) in [5.74, 6) is 0.375. The van der Waals surface area contributed by atoms with E-state index in [1.54, 1.807) is 0 Å². The highest BCUT2D eigenvalue weighted by Gasteiger charge is 2.38. The Morgan fingerprint density at radius 1 is 1.15 bits per heavy atom. The minimum atomic E-state index is -0.558. The van der Waals surface area contributed by atoms with Crippen molar-refractivity contribution in [2.24, 2.45) is 11.8 Å². The molecule has 0 spiro atoms. The average molecular weight is 371 g/mol. The maximum atomic E-state index is 12.8. The molecule has 1 saturated carbocycles. The molecule has 146 valence electrons. The first kappa shape index (κ1) is 19.4. The highest BCUT2D eigenvalue weighted by molar-refractivity contribution is 5.88. The van der Waals surface area contributed by atoms with Crippen molar-refractivity contribution >= 4 is 17.7 Å². The molecule has 2 aliphatic rings. The van der Waals surface area contributed by atoms with Crippen LogP contribution in [0.2, 0.25) is 0 Å². The monoisotopic (exact) mass is 371 g/mol. The van der Waals surface area contributed by atoms with Crippen molar-refractivity contribution in [1.82, 2.24) is 15.5 Å². The molecule has 3 rings (SSSR count). The third-order valence-corrected chi connectivity index (χ3v) is 5.43. The van der Waals surface area contributed by atoms with Gasteiger partial charge in [0.2, 0.25) is 17.7 Å². The summed E-state index contributed by atoms with van der Waals surface area (Å²) in [4.78, 5) is 38.9. The predicted octanol–water partition coefficient (Wildman–Crippen LogP) is 1.50. The standard InChI is InChI=1S/C21H29N3O3/c1-15-13-17(15)20(26)22-10-9-19(25)23-18(14-16-7-3-2-4-8-16)21(27)24-11-5-6-12-24/h2-4,7-8,15,17-18H,5-6,9-14H2,1H3,(H,22,26)(H,23,25). The molecule has 2 N–H and O–H groups in total. The lowest BCUT2D eigenvalue weighted by molar-refractivity contribution is -0.135. The van der Waals surface area contributed by atoms with Gasteiger partial charge in [0.25, 0.3) is 0 Å². The van der Waals surface area contributed by atoms with Gasteiger partial charge in [-0.15, -0.1) is 0 Å². The molecule has 1 aliphatic heterocycles. The maximum Gasteiger partial charge on any atom is 0.245 e. The topological polar surface area (TPSA) is 78.5 Å². The quantitative estimate of drug-likeness (QED) is 0.727. The maximum absolute atomic E-state index is 12.8. The van der Waals surface area contributed by atoms with Crippen LogP contribution in [0.5, 0.6) is 0 Å². The van der Waals surface area contributed by atoms with E-state index in [1.165, 1.54) is 0 Å². The molecule has 1 saturated heterocycles. The fourth-order valence-electron chi connectivity index (χ4n) is 3.59. The van der Waals surface area contributed by atoms with E-state index in [-0.39, 0.29) is 30.1 Å². The van der Waals surface area contributed by atoms with Crippen LogP contribution < -0.4 is 10.6 Å². The summed E-state index contributed by atoms with van der Waals surface area (Å²) in [5, 5.41) is 5.71. The first-order valence-corrected chi connectivity index (χ1v) is 9.94. The van der Waals surface area contributed by atoms with E-state index in [1.807, 2.05) is 35.2 Å². The molecule has 3 unspecified atom stereocenters. The van der Waals surface area contributed by atoms with Gasteiger partial charge in [0.05, 0.1) is 0 Å². The van der Waals surface area contributed by atoms with Gasteiger partial charge in [0.1, 0.15) is 6.04 Å². The van der Waals surface area contributed by atoms with Gasteiger partial charge in [-0.1, -0.05) is 37.3 Å². The SMILES string of the molecule is CC1CC1C(=O)NCCC(=O)NC(Cc1ccccc1)C(=O)N1CCCC1. The van der Waals surface area contributed by atoms with Crippen LogP contribution in [0.3, 0.4) is 0 Å². The fraction of sp³-hybridized carbons (Fsp3) is 0.571. The summed E-state index contributed by atoms with van der Waals surface area (Å²) in [6.45, 7) is 3.88. The predicted molar refractivity (Wildman–Crippen MR) is 103 cm³/mol. The summed E-state index contributed by atoms with van der Waals surface area (Å²) >= 11 is 0. The second-order valence-electron chi connectivity index (χ2n) is 7.70. The van der Waals surface area contributed by atoms with Gasteiger partial charge in [0, 0.05) is 38.4 Å². The molecule has 6 nitrogen and oxygen atoms in total. The van der Waals surface area contributed by atoms with Crippen LogP contribution in [0.1, 0.15) is 38.2 Å². The first-order chi connectivity index (χ1) is 13.0. The van der Waals surface area contributed by atoms with Crippen molar-refractivity contribution < 1.29 is 14.4 Å². The van der Waals surface area contributed by atoms with Crippen molar-refractivity contribution in [1.29, 1.82) is 0 Å². The summed E-state index contributed by atoms with van der Waals surface area (Å²) in [5.41, 5.74) is 1.02. The van der Waals surface area contributed by atoms with Gasteiger partial charge >= 0.3 is 0 Å². The molecule has 6 heteroatoms. The van der Waals surface area contributed by atoms with Crippen molar-refractivity contribution in [2.45, 2.75) is 45.1 Å². The minimum absolute atomic E-state index is 0.0134. The fourth-order valence-corrected chi connectivity index (χ4v) is 3.59. The molecule has 0 bridgehead atoms. The zero-order valence-corrected chi connectivity index (χ0v) is 15.9. The van der Waals surface area contributed by atoms with E-state index < -0.39 is 6.04 Å². The number of carbonyl (C=O) groups is 3. The second kappa shape index (κ2) is 9.02. The number of hydrogen-bond donors (Lipinski definition) is 2. The molecule has 3 atom stereocenters. The van der Waals surface area contributed by atoms with E-state index in [9.17, 15) is 14.4 Å². The van der Waals surface area contributed by atoms with Gasteiger partial charge in [-0.3, -0.25) is 14.4 Å². The summed E-state index contributed by atoms with van der Waals surface area (Å²) in [6, 6.07) is 9.17. The van der Waals surface area contributed by atoms with Gasteiger partial charge in [0.15, 0.2) is 0 Å². The van der Waals surface area contributed by atoms with Gasteiger partial charge < -0.3 is 15.5 Å². The number of nitrogens with one attached hydrogen (secondary N) is 2. The number of carbonyl (C=O) groups excluding carboxylic acids is 3. The third-order valence-electron chi connectivity index (χ3n) is 5.43. The van der Waals surface area contributed by atoms with Gasteiger partial charge in [-0.2, -0.15) is 0 Å². The Hall–Kier alpha value is -2.37. The number of hydrogen-bond acceptors (Lipinski definition) is 3. The Morgan fingerprint density at radius 2 is 1.81 bits per heavy atom. The zero-order valence-electron chi connectivity index (χ0n) is 15.9. The molecule has 0 aromatic heterocycles. The van der Waals surface area contributed by atoms with Crippen molar-refractivity contribution in [3.63, 3.8) is 0 Å². The number of rotatable bonds is 8. The molecular formula is C21H29N3O3. The van der Waals surface area contributed by atoms with Gasteiger partial charge in [-0.25, -0.2) is 0 Å². The Balaban J connectivity index is 1.52. The van der Waals surface area contributed by atoms with Crippen LogP contribution in [-0.4, -0.2) is 48.3 Å². The highest BCUT2D eigenvalue weighted by atomic mass is 16.2. The Morgan fingerprint density at radius 3 is 2.44 bits per heavy atom. The normalized spacial score (nSPS) is 22.2. The molecule has 27 heavy (non-hydrogen) atoms. The molecule has 1 aromatic carbocycles. The van der Waals surface area contributed by atoms with Crippen LogP contribution in [-0.2, 0) is 20.8 Å². The number of likely N-dealkylation sites (tertiary alicyclic amines) is 1. The van der Waals surface area contributed by atoms with E-state index in [2.05, 4.69) is 17.6 Å². The van der Waals surface area contributed by atoms with E-state index in [0.717, 1.165) is 37.9 Å². The van der Waals surface area contributed by atoms with Crippen LogP contribution >= 0.6 is 0 Å². The first-order valence-electron chi connectivity index (χ1n) is 9.94. The van der Waals surface area contributed by atoms with Gasteiger partial charge in [-0.05, 0) is 30.7 Å². The largest absolute Gasteiger partial charge is 0.355 e. The molecular weight excluding hydrogens is 342 g/mol. The van der Waals surface area contributed by atoms with Crippen LogP contribution in [0.15, 0.2) is 30.3 Å². The lowest BCUT2D eigenvalue weighted by atomic mass is 10.0. The van der Waals surface area contributed by atoms with E-state index in [0.29, 0.717) is 18.9 Å². The Kier molecular flexibility index (Phi) is 6.48. The Bertz CT molecular complexity index is 671. The number of benzene rings is 1. The minimum Gasteiger partial charge on any atom is -0.355 e. The highest BCUT2D eigenvalue weighted by Crippen LogP contribution is 2.37. The molecule has 2 fully saturated rings. The van der Waals surface area contributed by atoms with E-state index in [4.69, 9.17) is 0 Å². The molecule has 3 amide bonds. The van der Waals surface area contributed by atoms with Crippen LogP contribution in [0.4, 0.5) is 0 Å². The summed E-state index contributed by atoms with van der Waals surface area (Å²) in [7, 11) is 0. The van der Waals surface area contributed by atoms with Crippen molar-refractivity contribution in [3.8, 4) is 0 Å². The van der Waals surface area contributed by atoms with Crippen LogP contribution in [0.25, 0.3) is 0 Å². The smallest absolute Gasteiger partial charge is 0.245 e. The number of amides is 3. The summed E-state index contributed by atoms with van der Waals surface area (Å²) < 4.78 is 0. The third kappa shape index (κ3) is 5.55.